The van der Waals surface area contributed by atoms with Gasteiger partial charge in [0.1, 0.15) is 5.75 Å². The monoisotopic (exact) mass is 226 g/mol. The molecule has 3 N–H and O–H groups in total. The average molecular weight is 227 g/mol. The number of benzene rings is 1. The molecule has 0 saturated heterocycles. The van der Waals surface area contributed by atoms with Crippen LogP contribution in [-0.2, 0) is 0 Å². The van der Waals surface area contributed by atoms with Crippen LogP contribution in [0.25, 0.3) is 0 Å². The van der Waals surface area contributed by atoms with Crippen LogP contribution in [0.1, 0.15) is 18.0 Å². The van der Waals surface area contributed by atoms with Gasteiger partial charge in [-0.05, 0) is 24.1 Å². The fourth-order valence-electron chi connectivity index (χ4n) is 1.36. The van der Waals surface area contributed by atoms with Gasteiger partial charge in [-0.3, -0.25) is 11.3 Å². The van der Waals surface area contributed by atoms with Crippen LogP contribution in [-0.4, -0.2) is 7.11 Å². The van der Waals surface area contributed by atoms with Crippen LogP contribution >= 0.6 is 11.6 Å². The Morgan fingerprint density at radius 2 is 2.40 bits per heavy atom. The molecule has 1 aromatic rings. The Morgan fingerprint density at radius 3 is 2.93 bits per heavy atom. The van der Waals surface area contributed by atoms with Gasteiger partial charge in [-0.25, -0.2) is 0 Å². The van der Waals surface area contributed by atoms with Gasteiger partial charge in [0, 0.05) is 6.04 Å². The smallest absolute Gasteiger partial charge is 0.137 e. The zero-order chi connectivity index (χ0) is 11.3. The molecule has 1 rings (SSSR count). The Bertz CT molecular complexity index is 341. The largest absolute Gasteiger partial charge is 0.495 e. The Kier molecular flexibility index (Phi) is 4.62. The van der Waals surface area contributed by atoms with Crippen LogP contribution in [0, 0.1) is 0 Å². The van der Waals surface area contributed by atoms with Gasteiger partial charge in [0.15, 0.2) is 0 Å². The fraction of sp³-hybridized carbons (Fsp3) is 0.273. The molecule has 15 heavy (non-hydrogen) atoms. The van der Waals surface area contributed by atoms with E-state index in [1.165, 1.54) is 0 Å². The van der Waals surface area contributed by atoms with Crippen molar-refractivity contribution in [2.75, 3.05) is 7.11 Å². The summed E-state index contributed by atoms with van der Waals surface area (Å²) in [7, 11) is 1.59. The second-order valence-corrected chi connectivity index (χ2v) is 3.54. The van der Waals surface area contributed by atoms with E-state index in [0.29, 0.717) is 10.8 Å². The van der Waals surface area contributed by atoms with Crippen molar-refractivity contribution in [3.63, 3.8) is 0 Å². The van der Waals surface area contributed by atoms with E-state index in [1.807, 2.05) is 18.2 Å². The van der Waals surface area contributed by atoms with Gasteiger partial charge >= 0.3 is 0 Å². The van der Waals surface area contributed by atoms with Gasteiger partial charge in [0.05, 0.1) is 12.1 Å². The molecule has 0 amide bonds. The number of ether oxygens (including phenoxy) is 1. The van der Waals surface area contributed by atoms with Crippen molar-refractivity contribution in [3.8, 4) is 5.75 Å². The molecule has 0 heterocycles. The summed E-state index contributed by atoms with van der Waals surface area (Å²) in [6.07, 6.45) is 2.56. The predicted molar refractivity (Wildman–Crippen MR) is 62.9 cm³/mol. The van der Waals surface area contributed by atoms with Crippen molar-refractivity contribution in [2.45, 2.75) is 12.5 Å². The second-order valence-electron chi connectivity index (χ2n) is 3.14. The number of halogens is 1. The highest BCUT2D eigenvalue weighted by atomic mass is 35.5. The Labute approximate surface area is 94.8 Å². The molecule has 0 spiro atoms. The van der Waals surface area contributed by atoms with Crippen LogP contribution < -0.4 is 16.0 Å². The van der Waals surface area contributed by atoms with Crippen molar-refractivity contribution in [3.05, 3.63) is 41.4 Å². The summed E-state index contributed by atoms with van der Waals surface area (Å²) < 4.78 is 5.13. The van der Waals surface area contributed by atoms with Crippen LogP contribution in [0.15, 0.2) is 30.9 Å². The van der Waals surface area contributed by atoms with E-state index in [0.717, 1.165) is 12.0 Å². The summed E-state index contributed by atoms with van der Waals surface area (Å²) in [6.45, 7) is 3.68. The van der Waals surface area contributed by atoms with E-state index in [1.54, 1.807) is 13.2 Å². The zero-order valence-corrected chi connectivity index (χ0v) is 9.42. The number of rotatable bonds is 5. The molecular weight excluding hydrogens is 212 g/mol. The quantitative estimate of drug-likeness (QED) is 0.461. The van der Waals surface area contributed by atoms with Gasteiger partial charge in [-0.15, -0.1) is 6.58 Å². The van der Waals surface area contributed by atoms with Crippen LogP contribution in [0.3, 0.4) is 0 Å². The molecular formula is C11H15ClN2O. The van der Waals surface area contributed by atoms with Crippen molar-refractivity contribution < 1.29 is 4.74 Å². The molecule has 3 nitrogen and oxygen atoms in total. The molecule has 82 valence electrons. The molecule has 0 aliphatic carbocycles. The number of nitrogens with one attached hydrogen (secondary N) is 1. The lowest BCUT2D eigenvalue weighted by atomic mass is 10.0. The third kappa shape index (κ3) is 2.96. The first-order valence-electron chi connectivity index (χ1n) is 4.63. The molecule has 1 unspecified atom stereocenters. The van der Waals surface area contributed by atoms with Crippen molar-refractivity contribution in [1.29, 1.82) is 0 Å². The minimum atomic E-state index is 0.0358. The van der Waals surface area contributed by atoms with E-state index in [4.69, 9.17) is 22.2 Å². The molecule has 1 aromatic carbocycles. The molecule has 0 aliphatic rings. The number of hydrogen-bond donors (Lipinski definition) is 2. The van der Waals surface area contributed by atoms with E-state index >= 15 is 0 Å². The lowest BCUT2D eigenvalue weighted by Crippen LogP contribution is -2.27. The molecule has 0 fully saturated rings. The maximum atomic E-state index is 5.92. The maximum Gasteiger partial charge on any atom is 0.137 e. The minimum Gasteiger partial charge on any atom is -0.495 e. The first kappa shape index (κ1) is 12.0. The van der Waals surface area contributed by atoms with Crippen molar-refractivity contribution in [1.82, 2.24) is 5.43 Å². The topological polar surface area (TPSA) is 47.3 Å². The highest BCUT2D eigenvalue weighted by Crippen LogP contribution is 2.28. The van der Waals surface area contributed by atoms with Crippen molar-refractivity contribution >= 4 is 11.6 Å². The third-order valence-corrected chi connectivity index (χ3v) is 2.49. The van der Waals surface area contributed by atoms with Gasteiger partial charge < -0.3 is 4.74 Å². The molecule has 0 radical (unpaired) electrons. The number of hydrazine groups is 1. The van der Waals surface area contributed by atoms with Gasteiger partial charge in [-0.1, -0.05) is 23.7 Å². The first-order chi connectivity index (χ1) is 7.22. The van der Waals surface area contributed by atoms with Gasteiger partial charge in [0.25, 0.3) is 0 Å². The predicted octanol–water partition coefficient (Wildman–Crippen LogP) is 2.43. The summed E-state index contributed by atoms with van der Waals surface area (Å²) >= 11 is 5.92. The summed E-state index contributed by atoms with van der Waals surface area (Å²) in [5, 5.41) is 0.593. The standard InChI is InChI=1S/C11H15ClN2O/c1-3-4-10(14-13)8-5-6-9(12)11(7-8)15-2/h3,5-7,10,14H,1,4,13H2,2H3. The first-order valence-corrected chi connectivity index (χ1v) is 5.01. The third-order valence-electron chi connectivity index (χ3n) is 2.18. The lowest BCUT2D eigenvalue weighted by molar-refractivity contribution is 0.413. The second kappa shape index (κ2) is 5.75. The average Bonchev–Trinajstić information content (AvgIpc) is 2.27. The van der Waals surface area contributed by atoms with E-state index in [9.17, 15) is 0 Å². The fourth-order valence-corrected chi connectivity index (χ4v) is 1.55. The van der Waals surface area contributed by atoms with E-state index < -0.39 is 0 Å². The lowest BCUT2D eigenvalue weighted by Gasteiger charge is -2.15. The highest BCUT2D eigenvalue weighted by molar-refractivity contribution is 6.32. The number of nitrogens with two attached hydrogens (primary N) is 1. The van der Waals surface area contributed by atoms with Crippen LogP contribution in [0.5, 0.6) is 5.75 Å². The Balaban J connectivity index is 2.97. The molecule has 4 heteroatoms. The molecule has 0 bridgehead atoms. The van der Waals surface area contributed by atoms with Gasteiger partial charge in [0.2, 0.25) is 0 Å². The normalized spacial score (nSPS) is 12.2. The van der Waals surface area contributed by atoms with E-state index in [2.05, 4.69) is 12.0 Å². The molecule has 1 atom stereocenters. The van der Waals surface area contributed by atoms with Crippen LogP contribution in [0.4, 0.5) is 0 Å². The zero-order valence-electron chi connectivity index (χ0n) is 8.66. The minimum absolute atomic E-state index is 0.0358. The van der Waals surface area contributed by atoms with E-state index in [-0.39, 0.29) is 6.04 Å². The Morgan fingerprint density at radius 1 is 1.67 bits per heavy atom. The SMILES string of the molecule is C=CCC(NN)c1ccc(Cl)c(OC)c1. The number of hydrogen-bond acceptors (Lipinski definition) is 3. The molecule has 0 aliphatic heterocycles. The van der Waals surface area contributed by atoms with Crippen molar-refractivity contribution in [2.24, 2.45) is 5.84 Å². The Hall–Kier alpha value is -1.03. The summed E-state index contributed by atoms with van der Waals surface area (Å²) in [4.78, 5) is 0. The molecule has 0 saturated carbocycles. The summed E-state index contributed by atoms with van der Waals surface area (Å²) in [5.41, 5.74) is 3.75. The van der Waals surface area contributed by atoms with Gasteiger partial charge in [-0.2, -0.15) is 0 Å². The maximum absolute atomic E-state index is 5.92. The summed E-state index contributed by atoms with van der Waals surface area (Å²) in [6, 6.07) is 5.62. The summed E-state index contributed by atoms with van der Waals surface area (Å²) in [5.74, 6) is 6.10. The highest BCUT2D eigenvalue weighted by Gasteiger charge is 2.10. The van der Waals surface area contributed by atoms with Crippen LogP contribution in [0.2, 0.25) is 5.02 Å². The number of methoxy groups -OCH3 is 1. The molecule has 0 aromatic heterocycles.